The molecule has 128 valence electrons. The molecule has 0 unspecified atom stereocenters. The Labute approximate surface area is 135 Å². The van der Waals surface area contributed by atoms with Crippen LogP contribution in [-0.2, 0) is 14.4 Å². The lowest BCUT2D eigenvalue weighted by Crippen LogP contribution is -2.27. The van der Waals surface area contributed by atoms with Crippen LogP contribution in [0.15, 0.2) is 11.6 Å². The van der Waals surface area contributed by atoms with Gasteiger partial charge in [0.2, 0.25) is 0 Å². The highest BCUT2D eigenvalue weighted by molar-refractivity contribution is 5.88. The molecule has 0 radical (unpaired) electrons. The summed E-state index contributed by atoms with van der Waals surface area (Å²) in [4.78, 5) is 27.7. The standard InChI is InChI=1S/C18H33NO3/c1-4-6-7-8-9-10-11-12-13-15-17(20)19-22-18(21)16(3)14-5-2/h14H,4-13,15H2,1-3H3,(H,19,20). The van der Waals surface area contributed by atoms with Gasteiger partial charge in [0.05, 0.1) is 0 Å². The van der Waals surface area contributed by atoms with Crippen LogP contribution in [0.2, 0.25) is 0 Å². The quantitative estimate of drug-likeness (QED) is 0.319. The summed E-state index contributed by atoms with van der Waals surface area (Å²) in [6.45, 7) is 5.85. The molecule has 1 amide bonds. The summed E-state index contributed by atoms with van der Waals surface area (Å²) in [5.41, 5.74) is 2.74. The molecule has 0 fully saturated rings. The minimum absolute atomic E-state index is 0.222. The second-order valence-electron chi connectivity index (χ2n) is 5.79. The largest absolute Gasteiger partial charge is 0.358 e. The lowest BCUT2D eigenvalue weighted by atomic mass is 10.1. The van der Waals surface area contributed by atoms with Gasteiger partial charge in [0, 0.05) is 12.0 Å². The average Bonchev–Trinajstić information content (AvgIpc) is 2.51. The van der Waals surface area contributed by atoms with Gasteiger partial charge in [-0.1, -0.05) is 71.3 Å². The number of rotatable bonds is 12. The first-order chi connectivity index (χ1) is 10.6. The molecule has 22 heavy (non-hydrogen) atoms. The second kappa shape index (κ2) is 14.6. The van der Waals surface area contributed by atoms with Crippen molar-refractivity contribution in [1.29, 1.82) is 0 Å². The molecule has 0 heterocycles. The molecule has 0 aliphatic carbocycles. The number of unbranched alkanes of at least 4 members (excludes halogenated alkanes) is 8. The molecule has 4 heteroatoms. The van der Waals surface area contributed by atoms with E-state index in [1.165, 1.54) is 44.9 Å². The van der Waals surface area contributed by atoms with Crippen LogP contribution in [0.25, 0.3) is 0 Å². The fourth-order valence-corrected chi connectivity index (χ4v) is 2.22. The fraction of sp³-hybridized carbons (Fsp3) is 0.778. The van der Waals surface area contributed by atoms with Crippen molar-refractivity contribution < 1.29 is 14.4 Å². The molecule has 0 aromatic rings. The summed E-state index contributed by atoms with van der Waals surface area (Å²) in [6.07, 6.45) is 13.9. The van der Waals surface area contributed by atoms with Gasteiger partial charge >= 0.3 is 5.97 Å². The van der Waals surface area contributed by atoms with Gasteiger partial charge in [-0.15, -0.1) is 0 Å². The highest BCUT2D eigenvalue weighted by atomic mass is 16.7. The average molecular weight is 311 g/mol. The Morgan fingerprint density at radius 1 is 0.909 bits per heavy atom. The van der Waals surface area contributed by atoms with Crippen LogP contribution in [-0.4, -0.2) is 11.9 Å². The maximum absolute atomic E-state index is 11.5. The van der Waals surface area contributed by atoms with Gasteiger partial charge in [-0.05, 0) is 19.8 Å². The topological polar surface area (TPSA) is 55.4 Å². The summed E-state index contributed by atoms with van der Waals surface area (Å²) in [6, 6.07) is 0. The SMILES string of the molecule is CCC=C(C)C(=O)ONC(=O)CCCCCCCCCCC. The number of hydrogen-bond acceptors (Lipinski definition) is 3. The molecule has 0 bridgehead atoms. The predicted octanol–water partition coefficient (Wildman–Crippen LogP) is 4.84. The van der Waals surface area contributed by atoms with Gasteiger partial charge in [0.1, 0.15) is 0 Å². The third-order valence-electron chi connectivity index (χ3n) is 3.60. The highest BCUT2D eigenvalue weighted by Gasteiger charge is 2.08. The van der Waals surface area contributed by atoms with E-state index in [4.69, 9.17) is 4.84 Å². The first-order valence-electron chi connectivity index (χ1n) is 8.78. The number of hydrogen-bond donors (Lipinski definition) is 1. The van der Waals surface area contributed by atoms with Crippen molar-refractivity contribution in [3.05, 3.63) is 11.6 Å². The predicted molar refractivity (Wildman–Crippen MR) is 90.1 cm³/mol. The van der Waals surface area contributed by atoms with E-state index in [-0.39, 0.29) is 5.91 Å². The molecule has 0 aliphatic heterocycles. The van der Waals surface area contributed by atoms with Crippen molar-refractivity contribution in [3.63, 3.8) is 0 Å². The Morgan fingerprint density at radius 2 is 1.45 bits per heavy atom. The number of nitrogens with one attached hydrogen (secondary N) is 1. The Hall–Kier alpha value is -1.32. The Bertz CT molecular complexity index is 337. The first kappa shape index (κ1) is 20.7. The van der Waals surface area contributed by atoms with Crippen molar-refractivity contribution in [2.24, 2.45) is 0 Å². The molecule has 4 nitrogen and oxygen atoms in total. The number of carbonyl (C=O) groups excluding carboxylic acids is 2. The van der Waals surface area contributed by atoms with Crippen LogP contribution < -0.4 is 5.48 Å². The lowest BCUT2D eigenvalue weighted by Gasteiger charge is -2.06. The molecule has 1 N–H and O–H groups in total. The van der Waals surface area contributed by atoms with Gasteiger partial charge in [0.15, 0.2) is 0 Å². The summed E-state index contributed by atoms with van der Waals surface area (Å²) in [5.74, 6) is -0.706. The molecule has 0 spiro atoms. The van der Waals surface area contributed by atoms with Crippen LogP contribution in [0.3, 0.4) is 0 Å². The van der Waals surface area contributed by atoms with Crippen LogP contribution in [0.5, 0.6) is 0 Å². The molecule has 0 atom stereocenters. The molecule has 0 saturated carbocycles. The first-order valence-corrected chi connectivity index (χ1v) is 8.78. The van der Waals surface area contributed by atoms with Crippen molar-refractivity contribution in [2.45, 2.75) is 91.4 Å². The number of allylic oxidation sites excluding steroid dienone is 1. The van der Waals surface area contributed by atoms with E-state index in [0.29, 0.717) is 12.0 Å². The van der Waals surface area contributed by atoms with Crippen LogP contribution in [0, 0.1) is 0 Å². The molecular formula is C18H33NO3. The summed E-state index contributed by atoms with van der Waals surface area (Å²) in [5, 5.41) is 0. The number of amides is 1. The van der Waals surface area contributed by atoms with Gasteiger partial charge in [-0.2, -0.15) is 5.48 Å². The molecule has 0 aromatic heterocycles. The normalized spacial score (nSPS) is 11.3. The third-order valence-corrected chi connectivity index (χ3v) is 3.60. The van der Waals surface area contributed by atoms with Crippen LogP contribution >= 0.6 is 0 Å². The molecule has 0 rings (SSSR count). The van der Waals surface area contributed by atoms with Crippen molar-refractivity contribution in [1.82, 2.24) is 5.48 Å². The van der Waals surface area contributed by atoms with E-state index in [2.05, 4.69) is 12.4 Å². The van der Waals surface area contributed by atoms with Crippen LogP contribution in [0.4, 0.5) is 0 Å². The van der Waals surface area contributed by atoms with Crippen molar-refractivity contribution in [3.8, 4) is 0 Å². The fourth-order valence-electron chi connectivity index (χ4n) is 2.22. The zero-order chi connectivity index (χ0) is 16.6. The van der Waals surface area contributed by atoms with E-state index in [1.807, 2.05) is 6.92 Å². The zero-order valence-electron chi connectivity index (χ0n) is 14.6. The minimum atomic E-state index is -0.484. The smallest absolute Gasteiger partial charge is 0.336 e. The maximum Gasteiger partial charge on any atom is 0.358 e. The van der Waals surface area contributed by atoms with Gasteiger partial charge < -0.3 is 4.84 Å². The maximum atomic E-state index is 11.5. The number of hydroxylamine groups is 1. The van der Waals surface area contributed by atoms with Gasteiger partial charge in [-0.3, -0.25) is 4.79 Å². The monoisotopic (exact) mass is 311 g/mol. The molecular weight excluding hydrogens is 278 g/mol. The van der Waals surface area contributed by atoms with Crippen LogP contribution in [0.1, 0.15) is 91.4 Å². The van der Waals surface area contributed by atoms with E-state index in [0.717, 1.165) is 19.3 Å². The Kier molecular flexibility index (Phi) is 13.7. The summed E-state index contributed by atoms with van der Waals surface area (Å²) < 4.78 is 0. The van der Waals surface area contributed by atoms with E-state index < -0.39 is 5.97 Å². The minimum Gasteiger partial charge on any atom is -0.336 e. The summed E-state index contributed by atoms with van der Waals surface area (Å²) >= 11 is 0. The van der Waals surface area contributed by atoms with Gasteiger partial charge in [-0.25, -0.2) is 4.79 Å². The van der Waals surface area contributed by atoms with E-state index in [9.17, 15) is 9.59 Å². The number of carbonyl (C=O) groups is 2. The van der Waals surface area contributed by atoms with Gasteiger partial charge in [0.25, 0.3) is 5.91 Å². The lowest BCUT2D eigenvalue weighted by molar-refractivity contribution is -0.154. The molecule has 0 saturated heterocycles. The Balaban J connectivity index is 3.47. The highest BCUT2D eigenvalue weighted by Crippen LogP contribution is 2.10. The third kappa shape index (κ3) is 12.4. The Morgan fingerprint density at radius 3 is 2.00 bits per heavy atom. The second-order valence-corrected chi connectivity index (χ2v) is 5.79. The van der Waals surface area contributed by atoms with E-state index in [1.54, 1.807) is 13.0 Å². The summed E-state index contributed by atoms with van der Waals surface area (Å²) in [7, 11) is 0. The van der Waals surface area contributed by atoms with Crippen molar-refractivity contribution >= 4 is 11.9 Å². The molecule has 0 aliphatic rings. The van der Waals surface area contributed by atoms with Crippen molar-refractivity contribution in [2.75, 3.05) is 0 Å². The molecule has 0 aromatic carbocycles. The zero-order valence-corrected chi connectivity index (χ0v) is 14.6. The van der Waals surface area contributed by atoms with E-state index >= 15 is 0 Å².